The maximum Gasteiger partial charge on any atom is 0.123 e. The van der Waals surface area contributed by atoms with E-state index in [-0.39, 0.29) is 0 Å². The SMILES string of the molecule is CCC(C)(C)C1CCc2cc(N)ncc2C1. The van der Waals surface area contributed by atoms with Crippen LogP contribution < -0.4 is 5.73 Å². The second-order valence-electron chi connectivity index (χ2n) is 5.66. The smallest absolute Gasteiger partial charge is 0.123 e. The van der Waals surface area contributed by atoms with Gasteiger partial charge in [-0.15, -0.1) is 0 Å². The molecule has 88 valence electrons. The van der Waals surface area contributed by atoms with Gasteiger partial charge in [-0.2, -0.15) is 0 Å². The summed E-state index contributed by atoms with van der Waals surface area (Å²) < 4.78 is 0. The monoisotopic (exact) mass is 218 g/mol. The third-order valence-electron chi connectivity index (χ3n) is 4.35. The molecule has 1 aliphatic rings. The van der Waals surface area contributed by atoms with Gasteiger partial charge in [0.1, 0.15) is 5.82 Å². The highest BCUT2D eigenvalue weighted by atomic mass is 14.8. The summed E-state index contributed by atoms with van der Waals surface area (Å²) >= 11 is 0. The van der Waals surface area contributed by atoms with E-state index in [1.54, 1.807) is 0 Å². The molecular weight excluding hydrogens is 196 g/mol. The van der Waals surface area contributed by atoms with Crippen LogP contribution in [-0.4, -0.2) is 4.98 Å². The van der Waals surface area contributed by atoms with Gasteiger partial charge in [-0.3, -0.25) is 0 Å². The first kappa shape index (κ1) is 11.4. The summed E-state index contributed by atoms with van der Waals surface area (Å²) in [5.74, 6) is 1.45. The number of anilines is 1. The molecular formula is C14H22N2. The van der Waals surface area contributed by atoms with Crippen molar-refractivity contribution in [3.8, 4) is 0 Å². The Morgan fingerprint density at radius 1 is 1.44 bits per heavy atom. The Morgan fingerprint density at radius 2 is 2.19 bits per heavy atom. The van der Waals surface area contributed by atoms with Crippen LogP contribution in [0.15, 0.2) is 12.3 Å². The lowest BCUT2D eigenvalue weighted by Gasteiger charge is -2.37. The zero-order valence-corrected chi connectivity index (χ0v) is 10.6. The van der Waals surface area contributed by atoms with Gasteiger partial charge in [0, 0.05) is 6.20 Å². The Morgan fingerprint density at radius 3 is 2.88 bits per heavy atom. The van der Waals surface area contributed by atoms with E-state index < -0.39 is 0 Å². The van der Waals surface area contributed by atoms with Crippen LogP contribution in [0.4, 0.5) is 5.82 Å². The van der Waals surface area contributed by atoms with E-state index >= 15 is 0 Å². The van der Waals surface area contributed by atoms with Crippen molar-refractivity contribution in [2.45, 2.75) is 46.5 Å². The van der Waals surface area contributed by atoms with Crippen molar-refractivity contribution in [1.29, 1.82) is 0 Å². The lowest BCUT2D eigenvalue weighted by molar-refractivity contribution is 0.183. The lowest BCUT2D eigenvalue weighted by Crippen LogP contribution is -2.29. The predicted octanol–water partition coefficient (Wildman–Crippen LogP) is 3.20. The van der Waals surface area contributed by atoms with Gasteiger partial charge in [0.05, 0.1) is 0 Å². The van der Waals surface area contributed by atoms with Gasteiger partial charge in [-0.05, 0) is 47.8 Å². The Labute approximate surface area is 98.3 Å². The van der Waals surface area contributed by atoms with Crippen LogP contribution in [0.2, 0.25) is 0 Å². The average Bonchev–Trinajstić information content (AvgIpc) is 2.28. The van der Waals surface area contributed by atoms with Gasteiger partial charge in [0.2, 0.25) is 0 Å². The summed E-state index contributed by atoms with van der Waals surface area (Å²) in [6.45, 7) is 7.05. The summed E-state index contributed by atoms with van der Waals surface area (Å²) in [7, 11) is 0. The third kappa shape index (κ3) is 2.06. The molecule has 1 atom stereocenters. The first-order chi connectivity index (χ1) is 7.53. The van der Waals surface area contributed by atoms with Gasteiger partial charge in [-0.1, -0.05) is 27.2 Å². The van der Waals surface area contributed by atoms with Crippen molar-refractivity contribution in [2.24, 2.45) is 11.3 Å². The fourth-order valence-electron chi connectivity index (χ4n) is 2.61. The molecule has 2 N–H and O–H groups in total. The van der Waals surface area contributed by atoms with Gasteiger partial charge in [0.25, 0.3) is 0 Å². The zero-order valence-electron chi connectivity index (χ0n) is 10.6. The van der Waals surface area contributed by atoms with Crippen molar-refractivity contribution in [3.05, 3.63) is 23.4 Å². The first-order valence-corrected chi connectivity index (χ1v) is 6.26. The highest BCUT2D eigenvalue weighted by Gasteiger charge is 2.30. The standard InChI is InChI=1S/C14H22N2/c1-4-14(2,3)12-6-5-10-8-13(15)16-9-11(10)7-12/h8-9,12H,4-7H2,1-3H3,(H2,15,16). The molecule has 0 radical (unpaired) electrons. The molecule has 0 aromatic carbocycles. The molecule has 0 fully saturated rings. The largest absolute Gasteiger partial charge is 0.384 e. The maximum absolute atomic E-state index is 5.72. The maximum atomic E-state index is 5.72. The molecule has 0 amide bonds. The van der Waals surface area contributed by atoms with Crippen LogP contribution in [0.1, 0.15) is 44.7 Å². The van der Waals surface area contributed by atoms with Gasteiger partial charge < -0.3 is 5.73 Å². The summed E-state index contributed by atoms with van der Waals surface area (Å²) in [6.07, 6.45) is 6.84. The highest BCUT2D eigenvalue weighted by Crippen LogP contribution is 2.39. The number of pyridine rings is 1. The number of fused-ring (bicyclic) bond motifs is 1. The Bertz CT molecular complexity index is 382. The topological polar surface area (TPSA) is 38.9 Å². The number of nitrogens with two attached hydrogens (primary N) is 1. The van der Waals surface area contributed by atoms with Crippen LogP contribution in [0.5, 0.6) is 0 Å². The highest BCUT2D eigenvalue weighted by molar-refractivity contribution is 5.38. The fraction of sp³-hybridized carbons (Fsp3) is 0.643. The lowest BCUT2D eigenvalue weighted by atomic mass is 9.68. The molecule has 1 aliphatic carbocycles. The van der Waals surface area contributed by atoms with Crippen molar-refractivity contribution in [3.63, 3.8) is 0 Å². The molecule has 2 nitrogen and oxygen atoms in total. The number of nitrogens with zero attached hydrogens (tertiary/aromatic N) is 1. The number of hydrogen-bond donors (Lipinski definition) is 1. The molecule has 0 saturated heterocycles. The van der Waals surface area contributed by atoms with Gasteiger partial charge >= 0.3 is 0 Å². The van der Waals surface area contributed by atoms with E-state index in [9.17, 15) is 0 Å². The first-order valence-electron chi connectivity index (χ1n) is 6.26. The second-order valence-corrected chi connectivity index (χ2v) is 5.66. The summed E-state index contributed by atoms with van der Waals surface area (Å²) in [5, 5.41) is 0. The molecule has 2 heteroatoms. The minimum absolute atomic E-state index is 0.444. The molecule has 1 aromatic rings. The number of aromatic nitrogens is 1. The Kier molecular flexibility index (Phi) is 2.92. The van der Waals surface area contributed by atoms with Crippen molar-refractivity contribution in [1.82, 2.24) is 4.98 Å². The van der Waals surface area contributed by atoms with Gasteiger partial charge in [-0.25, -0.2) is 4.98 Å². The second kappa shape index (κ2) is 4.08. The summed E-state index contributed by atoms with van der Waals surface area (Å²) in [5.41, 5.74) is 8.98. The molecule has 0 saturated carbocycles. The number of nitrogen functional groups attached to an aromatic ring is 1. The number of hydrogen-bond acceptors (Lipinski definition) is 2. The van der Waals surface area contributed by atoms with Crippen LogP contribution in [0, 0.1) is 11.3 Å². The van der Waals surface area contributed by atoms with Crippen molar-refractivity contribution >= 4 is 5.82 Å². The zero-order chi connectivity index (χ0) is 11.8. The molecule has 16 heavy (non-hydrogen) atoms. The van der Waals surface area contributed by atoms with Gasteiger partial charge in [0.15, 0.2) is 0 Å². The predicted molar refractivity (Wildman–Crippen MR) is 68.2 cm³/mol. The number of aryl methyl sites for hydroxylation is 1. The van der Waals surface area contributed by atoms with Crippen LogP contribution in [0.3, 0.4) is 0 Å². The van der Waals surface area contributed by atoms with E-state index in [1.807, 2.05) is 12.3 Å². The molecule has 2 rings (SSSR count). The Balaban J connectivity index is 2.21. The van der Waals surface area contributed by atoms with E-state index in [2.05, 4.69) is 25.8 Å². The van der Waals surface area contributed by atoms with E-state index in [0.717, 1.165) is 12.3 Å². The molecule has 0 spiro atoms. The summed E-state index contributed by atoms with van der Waals surface area (Å²) in [6, 6.07) is 2.05. The Hall–Kier alpha value is -1.05. The van der Waals surface area contributed by atoms with E-state index in [4.69, 9.17) is 5.73 Å². The fourth-order valence-corrected chi connectivity index (χ4v) is 2.61. The summed E-state index contributed by atoms with van der Waals surface area (Å²) in [4.78, 5) is 4.21. The van der Waals surface area contributed by atoms with Crippen LogP contribution in [0.25, 0.3) is 0 Å². The molecule has 1 heterocycles. The molecule has 1 unspecified atom stereocenters. The molecule has 1 aromatic heterocycles. The van der Waals surface area contributed by atoms with E-state index in [0.29, 0.717) is 11.2 Å². The van der Waals surface area contributed by atoms with Crippen molar-refractivity contribution in [2.75, 3.05) is 5.73 Å². The minimum Gasteiger partial charge on any atom is -0.384 e. The third-order valence-corrected chi connectivity index (χ3v) is 4.35. The minimum atomic E-state index is 0.444. The molecule has 0 aliphatic heterocycles. The van der Waals surface area contributed by atoms with Crippen LogP contribution in [-0.2, 0) is 12.8 Å². The average molecular weight is 218 g/mol. The van der Waals surface area contributed by atoms with E-state index in [1.165, 1.54) is 30.4 Å². The quantitative estimate of drug-likeness (QED) is 0.828. The van der Waals surface area contributed by atoms with Crippen LogP contribution >= 0.6 is 0 Å². The number of rotatable bonds is 2. The van der Waals surface area contributed by atoms with Crippen molar-refractivity contribution < 1.29 is 0 Å². The normalized spacial score (nSPS) is 20.6. The molecule has 0 bridgehead atoms.